The van der Waals surface area contributed by atoms with Crippen molar-refractivity contribution < 1.29 is 14.3 Å². The molecule has 0 aliphatic carbocycles. The lowest BCUT2D eigenvalue weighted by atomic mass is 10.0. The zero-order chi connectivity index (χ0) is 19.2. The minimum absolute atomic E-state index is 0.179. The van der Waals surface area contributed by atoms with Gasteiger partial charge in [-0.1, -0.05) is 43.3 Å². The average Bonchev–Trinajstić information content (AvgIpc) is 3.21. The molecule has 1 aromatic heterocycles. The van der Waals surface area contributed by atoms with E-state index in [-0.39, 0.29) is 11.8 Å². The van der Waals surface area contributed by atoms with Crippen molar-refractivity contribution in [3.05, 3.63) is 65.2 Å². The first kappa shape index (κ1) is 18.9. The zero-order valence-corrected chi connectivity index (χ0v) is 16.4. The van der Waals surface area contributed by atoms with Crippen LogP contribution in [0.4, 0.5) is 0 Å². The van der Waals surface area contributed by atoms with Crippen LogP contribution in [0.5, 0.6) is 11.5 Å². The normalized spacial score (nSPS) is 11.7. The molecular weight excluding hydrogens is 360 g/mol. The molecule has 1 atom stereocenters. The number of hydrogen-bond acceptors (Lipinski definition) is 5. The van der Waals surface area contributed by atoms with Crippen molar-refractivity contribution in [1.29, 1.82) is 0 Å². The molecule has 0 unspecified atom stereocenters. The Morgan fingerprint density at radius 3 is 2.59 bits per heavy atom. The van der Waals surface area contributed by atoms with Gasteiger partial charge in [0.05, 0.1) is 19.8 Å². The molecule has 6 heteroatoms. The van der Waals surface area contributed by atoms with Crippen LogP contribution in [0, 0.1) is 0 Å². The molecule has 1 N–H and O–H groups in total. The van der Waals surface area contributed by atoms with Crippen molar-refractivity contribution in [3.63, 3.8) is 0 Å². The molecule has 2 aromatic carbocycles. The first-order valence-electron chi connectivity index (χ1n) is 8.64. The molecule has 5 nitrogen and oxygen atoms in total. The van der Waals surface area contributed by atoms with Gasteiger partial charge < -0.3 is 14.8 Å². The minimum atomic E-state index is -0.179. The summed E-state index contributed by atoms with van der Waals surface area (Å²) in [5.74, 6) is 1.29. The standard InChI is InChI=1S/C21H22N2O3S/c1-14(15-8-5-4-6-9-15)12-22-20(24)17-13-27-21(23-17)16-10-7-11-18(25-2)19(16)26-3/h4-11,13-14H,12H2,1-3H3,(H,22,24)/t14-/m1/s1. The molecular formula is C21H22N2O3S. The molecule has 140 valence electrons. The number of carbonyl (C=O) groups excluding carboxylic acids is 1. The van der Waals surface area contributed by atoms with Crippen LogP contribution < -0.4 is 14.8 Å². The number of nitrogens with one attached hydrogen (secondary N) is 1. The molecule has 0 radical (unpaired) electrons. The summed E-state index contributed by atoms with van der Waals surface area (Å²) >= 11 is 1.40. The summed E-state index contributed by atoms with van der Waals surface area (Å²) in [4.78, 5) is 17.0. The van der Waals surface area contributed by atoms with E-state index in [0.29, 0.717) is 28.7 Å². The Morgan fingerprint density at radius 2 is 1.89 bits per heavy atom. The third-order valence-electron chi connectivity index (χ3n) is 4.31. The van der Waals surface area contributed by atoms with Crippen molar-refractivity contribution in [1.82, 2.24) is 10.3 Å². The van der Waals surface area contributed by atoms with E-state index in [1.54, 1.807) is 19.6 Å². The second-order valence-corrected chi connectivity index (χ2v) is 6.96. The molecule has 0 bridgehead atoms. The highest BCUT2D eigenvalue weighted by Crippen LogP contribution is 2.38. The second kappa shape index (κ2) is 8.68. The average molecular weight is 382 g/mol. The fourth-order valence-electron chi connectivity index (χ4n) is 2.79. The maximum absolute atomic E-state index is 12.5. The second-order valence-electron chi connectivity index (χ2n) is 6.10. The summed E-state index contributed by atoms with van der Waals surface area (Å²) in [5.41, 5.74) is 2.40. The lowest BCUT2D eigenvalue weighted by Crippen LogP contribution is -2.27. The van der Waals surface area contributed by atoms with Crippen LogP contribution >= 0.6 is 11.3 Å². The topological polar surface area (TPSA) is 60.5 Å². The fraction of sp³-hybridized carbons (Fsp3) is 0.238. The molecule has 0 spiro atoms. The lowest BCUT2D eigenvalue weighted by molar-refractivity contribution is 0.0947. The highest BCUT2D eigenvalue weighted by atomic mass is 32.1. The monoisotopic (exact) mass is 382 g/mol. The van der Waals surface area contributed by atoms with Crippen LogP contribution in [0.3, 0.4) is 0 Å². The van der Waals surface area contributed by atoms with Crippen LogP contribution in [-0.2, 0) is 0 Å². The van der Waals surface area contributed by atoms with E-state index < -0.39 is 0 Å². The Kier molecular flexibility index (Phi) is 6.08. The Balaban J connectivity index is 1.71. The lowest BCUT2D eigenvalue weighted by Gasteiger charge is -2.12. The number of benzene rings is 2. The maximum Gasteiger partial charge on any atom is 0.270 e. The summed E-state index contributed by atoms with van der Waals surface area (Å²) < 4.78 is 10.8. The minimum Gasteiger partial charge on any atom is -0.493 e. The van der Waals surface area contributed by atoms with Crippen molar-refractivity contribution in [2.75, 3.05) is 20.8 Å². The molecule has 3 rings (SSSR count). The van der Waals surface area contributed by atoms with Gasteiger partial charge in [-0.3, -0.25) is 4.79 Å². The molecule has 1 heterocycles. The van der Waals surface area contributed by atoms with Crippen molar-refractivity contribution >= 4 is 17.2 Å². The van der Waals surface area contributed by atoms with E-state index in [1.807, 2.05) is 36.4 Å². The number of ether oxygens (including phenoxy) is 2. The SMILES string of the molecule is COc1cccc(-c2nc(C(=O)NC[C@@H](C)c3ccccc3)cs2)c1OC. The predicted molar refractivity (Wildman–Crippen MR) is 108 cm³/mol. The smallest absolute Gasteiger partial charge is 0.270 e. The van der Waals surface area contributed by atoms with Crippen LogP contribution in [0.15, 0.2) is 53.9 Å². The molecule has 0 saturated carbocycles. The van der Waals surface area contributed by atoms with E-state index in [1.165, 1.54) is 16.9 Å². The van der Waals surface area contributed by atoms with Gasteiger partial charge in [0.2, 0.25) is 0 Å². The summed E-state index contributed by atoms with van der Waals surface area (Å²) in [5, 5.41) is 5.44. The highest BCUT2D eigenvalue weighted by molar-refractivity contribution is 7.13. The third-order valence-corrected chi connectivity index (χ3v) is 5.18. The van der Waals surface area contributed by atoms with Gasteiger partial charge >= 0.3 is 0 Å². The fourth-order valence-corrected chi connectivity index (χ4v) is 3.61. The molecule has 3 aromatic rings. The first-order valence-corrected chi connectivity index (χ1v) is 9.52. The Labute approximate surface area is 163 Å². The molecule has 0 aliphatic heterocycles. The molecule has 0 saturated heterocycles. The van der Waals surface area contributed by atoms with Gasteiger partial charge in [-0.25, -0.2) is 4.98 Å². The Bertz CT molecular complexity index is 909. The van der Waals surface area contributed by atoms with Gasteiger partial charge in [0.15, 0.2) is 11.5 Å². The number of nitrogens with zero attached hydrogens (tertiary/aromatic N) is 1. The van der Waals surface area contributed by atoms with E-state index in [2.05, 4.69) is 29.4 Å². The summed E-state index contributed by atoms with van der Waals surface area (Å²) in [6, 6.07) is 15.7. The number of thiazole rings is 1. The quantitative estimate of drug-likeness (QED) is 0.659. The number of hydrogen-bond donors (Lipinski definition) is 1. The molecule has 27 heavy (non-hydrogen) atoms. The molecule has 0 fully saturated rings. The predicted octanol–water partition coefficient (Wildman–Crippen LogP) is 4.36. The maximum atomic E-state index is 12.5. The largest absolute Gasteiger partial charge is 0.493 e. The van der Waals surface area contributed by atoms with Crippen molar-refractivity contribution in [2.45, 2.75) is 12.8 Å². The number of amides is 1. The Hall–Kier alpha value is -2.86. The van der Waals surface area contributed by atoms with Crippen LogP contribution in [0.1, 0.15) is 28.9 Å². The van der Waals surface area contributed by atoms with E-state index in [9.17, 15) is 4.79 Å². The van der Waals surface area contributed by atoms with Crippen molar-refractivity contribution in [2.24, 2.45) is 0 Å². The van der Waals surface area contributed by atoms with Gasteiger partial charge in [0.25, 0.3) is 5.91 Å². The molecule has 1 amide bonds. The Morgan fingerprint density at radius 1 is 1.11 bits per heavy atom. The molecule has 0 aliphatic rings. The van der Waals surface area contributed by atoms with Gasteiger partial charge in [-0.05, 0) is 23.6 Å². The zero-order valence-electron chi connectivity index (χ0n) is 15.6. The van der Waals surface area contributed by atoms with Crippen LogP contribution in [0.2, 0.25) is 0 Å². The number of rotatable bonds is 7. The van der Waals surface area contributed by atoms with Gasteiger partial charge in [-0.15, -0.1) is 11.3 Å². The first-order chi connectivity index (χ1) is 13.1. The summed E-state index contributed by atoms with van der Waals surface area (Å²) in [6.45, 7) is 2.64. The number of methoxy groups -OCH3 is 2. The number of aromatic nitrogens is 1. The summed E-state index contributed by atoms with van der Waals surface area (Å²) in [7, 11) is 3.18. The highest BCUT2D eigenvalue weighted by Gasteiger charge is 2.17. The van der Waals surface area contributed by atoms with E-state index in [0.717, 1.165) is 5.56 Å². The van der Waals surface area contributed by atoms with Crippen molar-refractivity contribution in [3.8, 4) is 22.1 Å². The van der Waals surface area contributed by atoms with Crippen LogP contribution in [0.25, 0.3) is 10.6 Å². The van der Waals surface area contributed by atoms with Gasteiger partial charge in [-0.2, -0.15) is 0 Å². The van der Waals surface area contributed by atoms with Gasteiger partial charge in [0.1, 0.15) is 10.7 Å². The third kappa shape index (κ3) is 4.28. The van der Waals surface area contributed by atoms with E-state index in [4.69, 9.17) is 9.47 Å². The number of para-hydroxylation sites is 1. The van der Waals surface area contributed by atoms with Gasteiger partial charge in [0, 0.05) is 11.9 Å². The van der Waals surface area contributed by atoms with Crippen LogP contribution in [-0.4, -0.2) is 31.7 Å². The summed E-state index contributed by atoms with van der Waals surface area (Å²) in [6.07, 6.45) is 0. The number of carbonyl (C=O) groups is 1. The van der Waals surface area contributed by atoms with E-state index >= 15 is 0 Å².